The van der Waals surface area contributed by atoms with E-state index in [-0.39, 0.29) is 0 Å². The number of pyridine rings is 1. The Balaban J connectivity index is 2.31. The van der Waals surface area contributed by atoms with Crippen LogP contribution in [0.2, 0.25) is 0 Å². The SMILES string of the molecule is CCCNCc1c(C)cc(C)nc1N1CC(C)CCC1C. The van der Waals surface area contributed by atoms with Gasteiger partial charge in [-0.2, -0.15) is 0 Å². The standard InChI is InChI=1S/C18H31N3/c1-6-9-19-11-17-14(3)10-15(4)20-18(17)21-12-13(2)7-8-16(21)5/h10,13,16,19H,6-9,11-12H2,1-5H3. The maximum absolute atomic E-state index is 4.91. The fraction of sp³-hybridized carbons (Fsp3) is 0.722. The van der Waals surface area contributed by atoms with Crippen molar-refractivity contribution in [1.82, 2.24) is 10.3 Å². The summed E-state index contributed by atoms with van der Waals surface area (Å²) in [6.07, 6.45) is 3.79. The van der Waals surface area contributed by atoms with Crippen molar-refractivity contribution >= 4 is 5.82 Å². The summed E-state index contributed by atoms with van der Waals surface area (Å²) < 4.78 is 0. The van der Waals surface area contributed by atoms with Gasteiger partial charge in [0.1, 0.15) is 5.82 Å². The van der Waals surface area contributed by atoms with Crippen molar-refractivity contribution in [3.63, 3.8) is 0 Å². The molecule has 2 atom stereocenters. The summed E-state index contributed by atoms with van der Waals surface area (Å²) >= 11 is 0. The molecule has 1 N–H and O–H groups in total. The van der Waals surface area contributed by atoms with E-state index in [1.54, 1.807) is 0 Å². The highest BCUT2D eigenvalue weighted by atomic mass is 15.2. The van der Waals surface area contributed by atoms with Crippen LogP contribution in [0.15, 0.2) is 6.07 Å². The zero-order valence-corrected chi connectivity index (χ0v) is 14.4. The number of nitrogens with one attached hydrogen (secondary N) is 1. The van der Waals surface area contributed by atoms with Crippen LogP contribution in [-0.2, 0) is 6.54 Å². The lowest BCUT2D eigenvalue weighted by Gasteiger charge is -2.39. The minimum Gasteiger partial charge on any atom is -0.353 e. The Morgan fingerprint density at radius 2 is 2.05 bits per heavy atom. The summed E-state index contributed by atoms with van der Waals surface area (Å²) in [5.74, 6) is 1.98. The highest BCUT2D eigenvalue weighted by molar-refractivity contribution is 5.52. The molecule has 0 spiro atoms. The summed E-state index contributed by atoms with van der Waals surface area (Å²) in [6, 6.07) is 2.81. The van der Waals surface area contributed by atoms with E-state index >= 15 is 0 Å². The van der Waals surface area contributed by atoms with Crippen LogP contribution >= 0.6 is 0 Å². The van der Waals surface area contributed by atoms with E-state index in [1.807, 2.05) is 0 Å². The fourth-order valence-electron chi connectivity index (χ4n) is 3.27. The molecule has 1 aliphatic rings. The highest BCUT2D eigenvalue weighted by Gasteiger charge is 2.26. The van der Waals surface area contributed by atoms with E-state index in [1.165, 1.54) is 36.2 Å². The monoisotopic (exact) mass is 289 g/mol. The molecule has 3 nitrogen and oxygen atoms in total. The molecule has 0 aromatic carbocycles. The normalized spacial score (nSPS) is 22.6. The molecule has 0 bridgehead atoms. The number of aryl methyl sites for hydroxylation is 2. The van der Waals surface area contributed by atoms with E-state index in [4.69, 9.17) is 4.98 Å². The van der Waals surface area contributed by atoms with E-state index in [0.29, 0.717) is 6.04 Å². The summed E-state index contributed by atoms with van der Waals surface area (Å²) in [7, 11) is 0. The van der Waals surface area contributed by atoms with Gasteiger partial charge in [-0.1, -0.05) is 13.8 Å². The Morgan fingerprint density at radius 1 is 1.29 bits per heavy atom. The molecular formula is C18H31N3. The summed E-state index contributed by atoms with van der Waals surface area (Å²) in [4.78, 5) is 7.45. The summed E-state index contributed by atoms with van der Waals surface area (Å²) in [5, 5.41) is 3.55. The van der Waals surface area contributed by atoms with Crippen molar-refractivity contribution < 1.29 is 0 Å². The molecule has 21 heavy (non-hydrogen) atoms. The quantitative estimate of drug-likeness (QED) is 0.835. The Bertz CT molecular complexity index is 470. The lowest BCUT2D eigenvalue weighted by molar-refractivity contribution is 0.387. The maximum Gasteiger partial charge on any atom is 0.133 e. The first-order chi connectivity index (χ1) is 10.0. The van der Waals surface area contributed by atoms with E-state index in [0.717, 1.165) is 31.2 Å². The zero-order valence-electron chi connectivity index (χ0n) is 14.4. The molecule has 118 valence electrons. The van der Waals surface area contributed by atoms with Crippen molar-refractivity contribution in [1.29, 1.82) is 0 Å². The minimum absolute atomic E-state index is 0.597. The minimum atomic E-state index is 0.597. The smallest absolute Gasteiger partial charge is 0.133 e. The van der Waals surface area contributed by atoms with Crippen molar-refractivity contribution in [2.75, 3.05) is 18.0 Å². The van der Waals surface area contributed by atoms with Gasteiger partial charge in [-0.05, 0) is 64.1 Å². The van der Waals surface area contributed by atoms with Crippen LogP contribution in [0, 0.1) is 19.8 Å². The van der Waals surface area contributed by atoms with Crippen LogP contribution < -0.4 is 10.2 Å². The number of anilines is 1. The van der Waals surface area contributed by atoms with Crippen molar-refractivity contribution in [3.8, 4) is 0 Å². The van der Waals surface area contributed by atoms with Gasteiger partial charge in [-0.25, -0.2) is 4.98 Å². The number of rotatable bonds is 5. The molecule has 1 fully saturated rings. The average molecular weight is 289 g/mol. The summed E-state index contributed by atoms with van der Waals surface area (Å²) in [6.45, 7) is 14.4. The van der Waals surface area contributed by atoms with Crippen LogP contribution in [0.5, 0.6) is 0 Å². The van der Waals surface area contributed by atoms with Gasteiger partial charge in [0.2, 0.25) is 0 Å². The first kappa shape index (κ1) is 16.3. The molecule has 0 saturated carbocycles. The first-order valence-corrected chi connectivity index (χ1v) is 8.47. The second kappa shape index (κ2) is 7.26. The highest BCUT2D eigenvalue weighted by Crippen LogP contribution is 2.30. The molecule has 1 saturated heterocycles. The largest absolute Gasteiger partial charge is 0.353 e. The molecule has 1 aromatic heterocycles. The van der Waals surface area contributed by atoms with Gasteiger partial charge in [0.05, 0.1) is 0 Å². The molecule has 0 amide bonds. The molecule has 1 aliphatic heterocycles. The lowest BCUT2D eigenvalue weighted by Crippen LogP contribution is -2.42. The Hall–Kier alpha value is -1.09. The molecule has 3 heteroatoms. The molecule has 2 unspecified atom stereocenters. The van der Waals surface area contributed by atoms with Crippen molar-refractivity contribution in [2.45, 2.75) is 66.5 Å². The van der Waals surface area contributed by atoms with Gasteiger partial charge in [0, 0.05) is 30.4 Å². The predicted octanol–water partition coefficient (Wildman–Crippen LogP) is 3.82. The van der Waals surface area contributed by atoms with Crippen molar-refractivity contribution in [3.05, 3.63) is 22.9 Å². The van der Waals surface area contributed by atoms with Gasteiger partial charge in [0.25, 0.3) is 0 Å². The zero-order chi connectivity index (χ0) is 15.4. The average Bonchev–Trinajstić information content (AvgIpc) is 2.43. The third kappa shape index (κ3) is 3.97. The van der Waals surface area contributed by atoms with Crippen molar-refractivity contribution in [2.24, 2.45) is 5.92 Å². The number of piperidine rings is 1. The Morgan fingerprint density at radius 3 is 2.76 bits per heavy atom. The number of aromatic nitrogens is 1. The van der Waals surface area contributed by atoms with E-state index in [9.17, 15) is 0 Å². The van der Waals surface area contributed by atoms with Crippen LogP contribution in [0.4, 0.5) is 5.82 Å². The van der Waals surface area contributed by atoms with Gasteiger partial charge < -0.3 is 10.2 Å². The molecule has 2 heterocycles. The van der Waals surface area contributed by atoms with Gasteiger partial charge in [-0.3, -0.25) is 0 Å². The maximum atomic E-state index is 4.91. The third-order valence-electron chi connectivity index (χ3n) is 4.57. The summed E-state index contributed by atoms with van der Waals surface area (Å²) in [5.41, 5.74) is 3.88. The lowest BCUT2D eigenvalue weighted by atomic mass is 9.94. The van der Waals surface area contributed by atoms with E-state index < -0.39 is 0 Å². The third-order valence-corrected chi connectivity index (χ3v) is 4.57. The molecule has 0 aliphatic carbocycles. The Kier molecular flexibility index (Phi) is 5.63. The second-order valence-electron chi connectivity index (χ2n) is 6.74. The van der Waals surface area contributed by atoms with Crippen LogP contribution in [0.1, 0.15) is 56.9 Å². The predicted molar refractivity (Wildman–Crippen MR) is 90.9 cm³/mol. The second-order valence-corrected chi connectivity index (χ2v) is 6.74. The number of hydrogen-bond acceptors (Lipinski definition) is 3. The fourth-order valence-corrected chi connectivity index (χ4v) is 3.27. The van der Waals surface area contributed by atoms with E-state index in [2.05, 4.69) is 50.9 Å². The van der Waals surface area contributed by atoms with Crippen LogP contribution in [0.3, 0.4) is 0 Å². The Labute approximate surface area is 130 Å². The molecule has 0 radical (unpaired) electrons. The van der Waals surface area contributed by atoms with Crippen LogP contribution in [0.25, 0.3) is 0 Å². The van der Waals surface area contributed by atoms with Gasteiger partial charge in [-0.15, -0.1) is 0 Å². The first-order valence-electron chi connectivity index (χ1n) is 8.47. The molecular weight excluding hydrogens is 258 g/mol. The van der Waals surface area contributed by atoms with Crippen LogP contribution in [-0.4, -0.2) is 24.1 Å². The number of hydrogen-bond donors (Lipinski definition) is 1. The topological polar surface area (TPSA) is 28.2 Å². The number of nitrogens with zero attached hydrogens (tertiary/aromatic N) is 2. The molecule has 2 rings (SSSR count). The van der Waals surface area contributed by atoms with Gasteiger partial charge >= 0.3 is 0 Å². The van der Waals surface area contributed by atoms with Gasteiger partial charge in [0.15, 0.2) is 0 Å². The molecule has 1 aromatic rings.